The zero-order chi connectivity index (χ0) is 25.9. The van der Waals surface area contributed by atoms with Gasteiger partial charge in [0, 0.05) is 38.9 Å². The van der Waals surface area contributed by atoms with Crippen molar-refractivity contribution in [2.24, 2.45) is 0 Å². The van der Waals surface area contributed by atoms with Crippen LogP contribution < -0.4 is 25.2 Å². The molecule has 0 radical (unpaired) electrons. The number of carbonyl (C=O) groups excluding carboxylic acids is 1. The number of ether oxygens (including phenoxy) is 2. The molecule has 2 aromatic carbocycles. The smallest absolute Gasteiger partial charge is 0.406 e. The number of thiazole rings is 1. The van der Waals surface area contributed by atoms with Crippen LogP contribution in [0.1, 0.15) is 16.8 Å². The number of hydrogen-bond donors (Lipinski definition) is 2. The van der Waals surface area contributed by atoms with Gasteiger partial charge in [-0.3, -0.25) is 9.18 Å². The van der Waals surface area contributed by atoms with Crippen LogP contribution >= 0.6 is 11.3 Å². The minimum absolute atomic E-state index is 0.248. The minimum Gasteiger partial charge on any atom is -0.406 e. The lowest BCUT2D eigenvalue weighted by molar-refractivity contribution is -0.274. The number of carbonyl (C=O) groups is 1. The fraction of sp³-hybridized carbons (Fsp3) is 0.391. The molecule has 0 saturated heterocycles. The van der Waals surface area contributed by atoms with Gasteiger partial charge in [-0.05, 0) is 36.8 Å². The van der Waals surface area contributed by atoms with Crippen molar-refractivity contribution in [1.82, 2.24) is 10.3 Å². The van der Waals surface area contributed by atoms with Crippen molar-refractivity contribution in [3.05, 3.63) is 42.0 Å². The van der Waals surface area contributed by atoms with Gasteiger partial charge in [0.05, 0.1) is 34.9 Å². The Balaban J connectivity index is 1.42. The molecule has 194 valence electrons. The van der Waals surface area contributed by atoms with E-state index in [-0.39, 0.29) is 17.9 Å². The average molecular weight is 528 g/mol. The molecule has 1 aliphatic heterocycles. The van der Waals surface area contributed by atoms with E-state index in [4.69, 9.17) is 4.74 Å². The molecule has 1 atom stereocenters. The van der Waals surface area contributed by atoms with Gasteiger partial charge < -0.3 is 29.9 Å². The molecule has 8 nitrogen and oxygen atoms in total. The number of anilines is 3. The zero-order valence-corrected chi connectivity index (χ0v) is 20.4. The quantitative estimate of drug-likeness (QED) is 0.295. The molecule has 1 unspecified atom stereocenters. The first-order valence-corrected chi connectivity index (χ1v) is 11.9. The van der Waals surface area contributed by atoms with E-state index in [2.05, 4.69) is 20.4 Å². The Hall–Kier alpha value is -3.32. The van der Waals surface area contributed by atoms with Gasteiger partial charge in [-0.1, -0.05) is 11.3 Å². The number of fused-ring (bicyclic) bond motifs is 2. The molecular weight excluding hydrogens is 502 g/mol. The SMILES string of the molecule is CN1c2ccc(C(=O)NCCOCCCF)cc2N(C)C1Nc1nc2ccc(OC(F)(F)F)cc2s1. The number of hydrogen-bond acceptors (Lipinski definition) is 8. The van der Waals surface area contributed by atoms with Gasteiger partial charge in [-0.25, -0.2) is 4.98 Å². The molecule has 0 aliphatic carbocycles. The van der Waals surface area contributed by atoms with Crippen LogP contribution in [0.3, 0.4) is 0 Å². The lowest BCUT2D eigenvalue weighted by Crippen LogP contribution is -2.45. The Morgan fingerprint density at radius 1 is 1.11 bits per heavy atom. The molecule has 36 heavy (non-hydrogen) atoms. The highest BCUT2D eigenvalue weighted by Gasteiger charge is 2.33. The number of rotatable bonds is 10. The molecule has 2 N–H and O–H groups in total. The Labute approximate surface area is 208 Å². The summed E-state index contributed by atoms with van der Waals surface area (Å²) in [6.45, 7) is 0.497. The summed E-state index contributed by atoms with van der Waals surface area (Å²) < 4.78 is 59.5. The highest BCUT2D eigenvalue weighted by molar-refractivity contribution is 7.22. The standard InChI is InChI=1S/C23H25F4N5O3S/c1-31-17-7-4-14(20(33)28-9-11-34-10-3-8-24)12-18(17)32(2)22(31)30-21-29-16-6-5-15(13-19(16)36-21)35-23(25,26)27/h4-7,12-13,22H,3,8-11H2,1-2H3,(H,28,33)(H,29,30). The average Bonchev–Trinajstić information content (AvgIpc) is 3.33. The second-order valence-corrected chi connectivity index (χ2v) is 9.08. The maximum atomic E-state index is 12.5. The summed E-state index contributed by atoms with van der Waals surface area (Å²) in [6, 6.07) is 9.37. The van der Waals surface area contributed by atoms with E-state index in [1.54, 1.807) is 12.1 Å². The molecular formula is C23H25F4N5O3S. The summed E-state index contributed by atoms with van der Waals surface area (Å²) in [5, 5.41) is 6.61. The van der Waals surface area contributed by atoms with Crippen LogP contribution in [0.4, 0.5) is 34.1 Å². The highest BCUT2D eigenvalue weighted by Crippen LogP contribution is 2.39. The van der Waals surface area contributed by atoms with Crippen LogP contribution in [0.5, 0.6) is 5.75 Å². The van der Waals surface area contributed by atoms with Gasteiger partial charge in [-0.2, -0.15) is 0 Å². The summed E-state index contributed by atoms with van der Waals surface area (Å²) in [4.78, 5) is 20.9. The first-order valence-electron chi connectivity index (χ1n) is 11.1. The largest absolute Gasteiger partial charge is 0.573 e. The summed E-state index contributed by atoms with van der Waals surface area (Å²) in [7, 11) is 3.75. The number of benzene rings is 2. The number of nitrogens with zero attached hydrogens (tertiary/aromatic N) is 3. The van der Waals surface area contributed by atoms with Crippen molar-refractivity contribution in [2.75, 3.05) is 55.6 Å². The second kappa shape index (κ2) is 10.7. The van der Waals surface area contributed by atoms with Crippen molar-refractivity contribution in [3.8, 4) is 5.75 Å². The molecule has 4 rings (SSSR count). The Bertz CT molecular complexity index is 1220. The van der Waals surface area contributed by atoms with Crippen molar-refractivity contribution in [3.63, 3.8) is 0 Å². The third-order valence-electron chi connectivity index (χ3n) is 5.53. The first kappa shape index (κ1) is 25.8. The molecule has 0 spiro atoms. The number of amides is 1. The van der Waals surface area contributed by atoms with E-state index < -0.39 is 13.0 Å². The number of aromatic nitrogens is 1. The van der Waals surface area contributed by atoms with Crippen molar-refractivity contribution in [2.45, 2.75) is 19.1 Å². The predicted octanol–water partition coefficient (Wildman–Crippen LogP) is 4.58. The van der Waals surface area contributed by atoms with Crippen molar-refractivity contribution < 1.29 is 31.8 Å². The van der Waals surface area contributed by atoms with E-state index in [1.165, 1.54) is 29.5 Å². The maximum Gasteiger partial charge on any atom is 0.573 e. The third kappa shape index (κ3) is 5.90. The number of alkyl halides is 4. The maximum absolute atomic E-state index is 12.5. The minimum atomic E-state index is -4.76. The summed E-state index contributed by atoms with van der Waals surface area (Å²) in [6.07, 6.45) is -4.77. The van der Waals surface area contributed by atoms with Gasteiger partial charge in [0.2, 0.25) is 0 Å². The molecule has 1 aliphatic rings. The predicted molar refractivity (Wildman–Crippen MR) is 131 cm³/mol. The van der Waals surface area contributed by atoms with Crippen LogP contribution in [0.2, 0.25) is 0 Å². The van der Waals surface area contributed by atoms with E-state index in [9.17, 15) is 22.4 Å². The van der Waals surface area contributed by atoms with Gasteiger partial charge in [0.15, 0.2) is 11.4 Å². The van der Waals surface area contributed by atoms with Gasteiger partial charge in [0.25, 0.3) is 5.91 Å². The van der Waals surface area contributed by atoms with Crippen molar-refractivity contribution in [1.29, 1.82) is 0 Å². The summed E-state index contributed by atoms with van der Waals surface area (Å²) in [5.41, 5.74) is 2.74. The topological polar surface area (TPSA) is 79.0 Å². The van der Waals surface area contributed by atoms with E-state index in [0.717, 1.165) is 11.4 Å². The number of halogens is 4. The molecule has 1 aromatic heterocycles. The van der Waals surface area contributed by atoms with Gasteiger partial charge in [0.1, 0.15) is 5.75 Å². The molecule has 0 fully saturated rings. The zero-order valence-electron chi connectivity index (χ0n) is 19.6. The number of nitrogens with one attached hydrogen (secondary N) is 2. The first-order chi connectivity index (χ1) is 17.2. The van der Waals surface area contributed by atoms with Crippen LogP contribution in [0, 0.1) is 0 Å². The lowest BCUT2D eigenvalue weighted by Gasteiger charge is -2.28. The monoisotopic (exact) mass is 527 g/mol. The third-order valence-corrected chi connectivity index (χ3v) is 6.48. The molecule has 2 heterocycles. The summed E-state index contributed by atoms with van der Waals surface area (Å²) in [5.74, 6) is -0.549. The van der Waals surface area contributed by atoms with Crippen LogP contribution in [-0.2, 0) is 4.74 Å². The fourth-order valence-electron chi connectivity index (χ4n) is 3.83. The molecule has 1 amide bonds. The lowest BCUT2D eigenvalue weighted by atomic mass is 10.1. The summed E-state index contributed by atoms with van der Waals surface area (Å²) >= 11 is 1.21. The molecule has 13 heteroatoms. The second-order valence-electron chi connectivity index (χ2n) is 8.05. The van der Waals surface area contributed by atoms with Crippen LogP contribution in [0.25, 0.3) is 10.2 Å². The molecule has 0 bridgehead atoms. The highest BCUT2D eigenvalue weighted by atomic mass is 32.1. The Morgan fingerprint density at radius 2 is 1.89 bits per heavy atom. The Morgan fingerprint density at radius 3 is 2.64 bits per heavy atom. The van der Waals surface area contributed by atoms with Gasteiger partial charge in [-0.15, -0.1) is 13.2 Å². The fourth-order valence-corrected chi connectivity index (χ4v) is 4.74. The Kier molecular flexibility index (Phi) is 7.69. The van der Waals surface area contributed by atoms with E-state index >= 15 is 0 Å². The van der Waals surface area contributed by atoms with Crippen LogP contribution in [0.15, 0.2) is 36.4 Å². The molecule has 3 aromatic rings. The van der Waals surface area contributed by atoms with E-state index in [0.29, 0.717) is 47.1 Å². The van der Waals surface area contributed by atoms with E-state index in [1.807, 2.05) is 30.0 Å². The van der Waals surface area contributed by atoms with Crippen LogP contribution in [-0.4, -0.2) is 64.1 Å². The van der Waals surface area contributed by atoms with Gasteiger partial charge >= 0.3 is 6.36 Å². The normalized spacial score (nSPS) is 15.3. The molecule has 0 saturated carbocycles. The van der Waals surface area contributed by atoms with Crippen molar-refractivity contribution >= 4 is 44.0 Å².